The number of carboxylic acid groups (broad SMARTS) is 1. The average Bonchev–Trinajstić information content (AvgIpc) is 2.34. The predicted octanol–water partition coefficient (Wildman–Crippen LogP) is 5.55. The molecule has 0 aliphatic rings. The second-order valence-corrected chi connectivity index (χ2v) is 5.39. The molecule has 2 heteroatoms. The average molecular weight is 258 g/mol. The number of aliphatic carboxylic acids is 1. The van der Waals surface area contributed by atoms with Crippen LogP contribution in [0.4, 0.5) is 0 Å². The van der Waals surface area contributed by atoms with Crippen molar-refractivity contribution in [2.75, 3.05) is 0 Å². The lowest BCUT2D eigenvalue weighted by Crippen LogP contribution is -1.93. The minimum atomic E-state index is -0.655. The summed E-state index contributed by atoms with van der Waals surface area (Å²) in [5, 5.41) is 8.49. The van der Waals surface area contributed by atoms with Crippen LogP contribution in [0.2, 0.25) is 0 Å². The molecule has 0 rings (SSSR count). The SMILES string of the molecule is CCCCCCCCCC[14CH2]CCCCC(=O)O. The van der Waals surface area contributed by atoms with E-state index in [1.807, 2.05) is 0 Å². The van der Waals surface area contributed by atoms with Crippen molar-refractivity contribution in [2.24, 2.45) is 0 Å². The van der Waals surface area contributed by atoms with E-state index in [0.29, 0.717) is 6.42 Å². The van der Waals surface area contributed by atoms with E-state index in [-0.39, 0.29) is 0 Å². The second-order valence-electron chi connectivity index (χ2n) is 5.39. The Morgan fingerprint density at radius 2 is 1.33 bits per heavy atom. The molecule has 0 aromatic carbocycles. The van der Waals surface area contributed by atoms with Gasteiger partial charge in [-0.1, -0.05) is 84.0 Å². The lowest BCUT2D eigenvalue weighted by Gasteiger charge is -2.02. The molecule has 0 fully saturated rings. The van der Waals surface area contributed by atoms with E-state index in [4.69, 9.17) is 5.11 Å². The number of hydrogen-bond donors (Lipinski definition) is 1. The molecule has 0 aromatic rings. The van der Waals surface area contributed by atoms with E-state index in [0.717, 1.165) is 12.8 Å². The molecule has 0 spiro atoms. The maximum Gasteiger partial charge on any atom is 0.303 e. The van der Waals surface area contributed by atoms with Crippen molar-refractivity contribution in [2.45, 2.75) is 96.8 Å². The van der Waals surface area contributed by atoms with Gasteiger partial charge in [0.25, 0.3) is 0 Å². The topological polar surface area (TPSA) is 37.3 Å². The Morgan fingerprint density at radius 1 is 0.833 bits per heavy atom. The number of hydrogen-bond acceptors (Lipinski definition) is 1. The standard InChI is InChI=1S/C16H32O2/c1-2-3-4-5-6-7-8-9-10-11-12-13-14-15-16(17)18/h2-15H2,1H3,(H,17,18)/i11+2. The van der Waals surface area contributed by atoms with Crippen LogP contribution in [0.15, 0.2) is 0 Å². The van der Waals surface area contributed by atoms with Gasteiger partial charge in [0.15, 0.2) is 0 Å². The first kappa shape index (κ1) is 17.5. The maximum atomic E-state index is 10.3. The van der Waals surface area contributed by atoms with Gasteiger partial charge in [0.1, 0.15) is 0 Å². The minimum Gasteiger partial charge on any atom is -0.481 e. The van der Waals surface area contributed by atoms with Gasteiger partial charge in [0.2, 0.25) is 0 Å². The van der Waals surface area contributed by atoms with Gasteiger partial charge in [0, 0.05) is 6.42 Å². The van der Waals surface area contributed by atoms with Gasteiger partial charge in [0.05, 0.1) is 0 Å². The van der Waals surface area contributed by atoms with Crippen molar-refractivity contribution in [1.29, 1.82) is 0 Å². The van der Waals surface area contributed by atoms with Crippen molar-refractivity contribution in [3.63, 3.8) is 0 Å². The lowest BCUT2D eigenvalue weighted by molar-refractivity contribution is -0.137. The Balaban J connectivity index is 2.92. The Kier molecular flexibility index (Phi) is 14.1. The van der Waals surface area contributed by atoms with Crippen LogP contribution in [0, 0.1) is 0 Å². The predicted molar refractivity (Wildman–Crippen MR) is 77.9 cm³/mol. The first-order chi connectivity index (χ1) is 8.77. The fourth-order valence-corrected chi connectivity index (χ4v) is 2.29. The Bertz CT molecular complexity index is 178. The van der Waals surface area contributed by atoms with Crippen LogP contribution in [0.3, 0.4) is 0 Å². The Hall–Kier alpha value is -0.530. The van der Waals surface area contributed by atoms with Gasteiger partial charge in [-0.2, -0.15) is 0 Å². The second kappa shape index (κ2) is 14.5. The number of unbranched alkanes of at least 4 members (excludes halogenated alkanes) is 12. The van der Waals surface area contributed by atoms with Gasteiger partial charge in [-0.15, -0.1) is 0 Å². The third-order valence-corrected chi connectivity index (χ3v) is 3.49. The zero-order chi connectivity index (χ0) is 13.5. The molecule has 0 bridgehead atoms. The molecule has 18 heavy (non-hydrogen) atoms. The first-order valence-corrected chi connectivity index (χ1v) is 7.99. The summed E-state index contributed by atoms with van der Waals surface area (Å²) < 4.78 is 0. The molecule has 0 amide bonds. The molecule has 1 N–H and O–H groups in total. The smallest absolute Gasteiger partial charge is 0.303 e. The zero-order valence-corrected chi connectivity index (χ0v) is 12.3. The highest BCUT2D eigenvalue weighted by Gasteiger charge is 1.96. The summed E-state index contributed by atoms with van der Waals surface area (Å²) in [6.07, 6.45) is 17.3. The third kappa shape index (κ3) is 15.5. The molecule has 0 unspecified atom stereocenters. The van der Waals surface area contributed by atoms with Crippen LogP contribution in [0.25, 0.3) is 0 Å². The fourth-order valence-electron chi connectivity index (χ4n) is 2.29. The summed E-state index contributed by atoms with van der Waals surface area (Å²) in [5.74, 6) is -0.655. The molecule has 108 valence electrons. The first-order valence-electron chi connectivity index (χ1n) is 7.99. The maximum absolute atomic E-state index is 10.3. The van der Waals surface area contributed by atoms with Gasteiger partial charge in [-0.25, -0.2) is 0 Å². The van der Waals surface area contributed by atoms with Crippen molar-refractivity contribution in [1.82, 2.24) is 0 Å². The molecule has 0 aliphatic carbocycles. The van der Waals surface area contributed by atoms with Gasteiger partial charge >= 0.3 is 5.97 Å². The number of rotatable bonds is 14. The summed E-state index contributed by atoms with van der Waals surface area (Å²) in [4.78, 5) is 10.3. The molecule has 0 radical (unpaired) electrons. The lowest BCUT2D eigenvalue weighted by atomic mass is 10.1. The van der Waals surface area contributed by atoms with Crippen LogP contribution < -0.4 is 0 Å². The van der Waals surface area contributed by atoms with Crippen LogP contribution >= 0.6 is 0 Å². The van der Waals surface area contributed by atoms with Crippen LogP contribution in [-0.4, -0.2) is 11.1 Å². The molecule has 2 nitrogen and oxygen atoms in total. The number of carbonyl (C=O) groups is 1. The molecule has 0 aromatic heterocycles. The highest BCUT2D eigenvalue weighted by molar-refractivity contribution is 5.66. The van der Waals surface area contributed by atoms with Crippen LogP contribution in [0.1, 0.15) is 96.8 Å². The Labute approximate surface area is 113 Å². The summed E-state index contributed by atoms with van der Waals surface area (Å²) in [5.41, 5.74) is 0. The van der Waals surface area contributed by atoms with E-state index in [2.05, 4.69) is 6.92 Å². The highest BCUT2D eigenvalue weighted by atomic mass is 16.4. The normalized spacial score (nSPS) is 10.7. The van der Waals surface area contributed by atoms with E-state index in [1.54, 1.807) is 0 Å². The van der Waals surface area contributed by atoms with Crippen molar-refractivity contribution < 1.29 is 9.90 Å². The van der Waals surface area contributed by atoms with Crippen molar-refractivity contribution in [3.05, 3.63) is 0 Å². The minimum absolute atomic E-state index is 0.345. The van der Waals surface area contributed by atoms with Crippen molar-refractivity contribution in [3.8, 4) is 0 Å². The van der Waals surface area contributed by atoms with E-state index < -0.39 is 5.97 Å². The Morgan fingerprint density at radius 3 is 1.89 bits per heavy atom. The molecular formula is C16H32O2. The van der Waals surface area contributed by atoms with Crippen LogP contribution in [0.5, 0.6) is 0 Å². The summed E-state index contributed by atoms with van der Waals surface area (Å²) in [7, 11) is 0. The number of carboxylic acids is 1. The summed E-state index contributed by atoms with van der Waals surface area (Å²) in [6, 6.07) is 0. The molecule has 0 aliphatic heterocycles. The van der Waals surface area contributed by atoms with E-state index >= 15 is 0 Å². The monoisotopic (exact) mass is 258 g/mol. The molecule has 0 saturated heterocycles. The van der Waals surface area contributed by atoms with Gasteiger partial charge < -0.3 is 5.11 Å². The molecule has 0 saturated carbocycles. The molecule has 0 atom stereocenters. The zero-order valence-electron chi connectivity index (χ0n) is 12.3. The molecular weight excluding hydrogens is 226 g/mol. The third-order valence-electron chi connectivity index (χ3n) is 3.49. The fraction of sp³-hybridized carbons (Fsp3) is 0.938. The van der Waals surface area contributed by atoms with Gasteiger partial charge in [-0.05, 0) is 6.42 Å². The summed E-state index contributed by atoms with van der Waals surface area (Å²) in [6.45, 7) is 2.26. The highest BCUT2D eigenvalue weighted by Crippen LogP contribution is 2.12. The van der Waals surface area contributed by atoms with Crippen molar-refractivity contribution >= 4 is 5.97 Å². The summed E-state index contributed by atoms with van der Waals surface area (Å²) >= 11 is 0. The van der Waals surface area contributed by atoms with E-state index in [1.165, 1.54) is 70.6 Å². The quantitative estimate of drug-likeness (QED) is 0.415. The van der Waals surface area contributed by atoms with Crippen LogP contribution in [-0.2, 0) is 4.79 Å². The van der Waals surface area contributed by atoms with E-state index in [9.17, 15) is 4.79 Å². The largest absolute Gasteiger partial charge is 0.481 e. The molecule has 0 heterocycles. The van der Waals surface area contributed by atoms with Gasteiger partial charge in [-0.3, -0.25) is 4.79 Å².